The van der Waals surface area contributed by atoms with E-state index in [1.165, 1.54) is 12.3 Å². The lowest BCUT2D eigenvalue weighted by Crippen LogP contribution is -2.52. The van der Waals surface area contributed by atoms with E-state index in [-0.39, 0.29) is 53.5 Å². The van der Waals surface area contributed by atoms with Gasteiger partial charge in [-0.25, -0.2) is 19.3 Å². The minimum Gasteiger partial charge on any atom is -0.389 e. The van der Waals surface area contributed by atoms with Crippen molar-refractivity contribution in [3.8, 4) is 11.3 Å². The average Bonchev–Trinajstić information content (AvgIpc) is 3.21. The predicted octanol–water partition coefficient (Wildman–Crippen LogP) is 2.98. The topological polar surface area (TPSA) is 122 Å². The van der Waals surface area contributed by atoms with Crippen LogP contribution in [0.25, 0.3) is 22.3 Å². The lowest BCUT2D eigenvalue weighted by atomic mass is 10.0. The van der Waals surface area contributed by atoms with E-state index < -0.39 is 11.9 Å². The number of hydrogen-bond acceptors (Lipinski definition) is 7. The van der Waals surface area contributed by atoms with Gasteiger partial charge in [-0.2, -0.15) is 0 Å². The number of anilines is 1. The number of aliphatic hydroxyl groups excluding tert-OH is 1. The van der Waals surface area contributed by atoms with Gasteiger partial charge in [-0.1, -0.05) is 11.6 Å². The number of nitrogens with zero attached hydrogens (tertiary/aromatic N) is 5. The smallest absolute Gasteiger partial charge is 0.224 e. The number of nitrogens with two attached hydrogens (primary N) is 1. The lowest BCUT2D eigenvalue weighted by molar-refractivity contribution is -0.134. The van der Waals surface area contributed by atoms with E-state index in [0.717, 1.165) is 0 Å². The molecule has 1 amide bonds. The number of carbonyl (C=O) groups is 1. The van der Waals surface area contributed by atoms with Crippen LogP contribution >= 0.6 is 11.6 Å². The molecule has 0 unspecified atom stereocenters. The van der Waals surface area contributed by atoms with Gasteiger partial charge in [-0.15, -0.1) is 0 Å². The minimum atomic E-state index is -0.803. The fraction of sp³-hybridized carbons (Fsp3) is 0.478. The second-order valence-corrected chi connectivity index (χ2v) is 9.50. The molecule has 1 aromatic carbocycles. The Balaban J connectivity index is 1.56. The molecule has 1 fully saturated rings. The van der Waals surface area contributed by atoms with Crippen molar-refractivity contribution in [2.45, 2.75) is 57.8 Å². The Hall–Kier alpha value is -2.82. The molecule has 1 aliphatic heterocycles. The zero-order valence-corrected chi connectivity index (χ0v) is 20.1. The van der Waals surface area contributed by atoms with Crippen molar-refractivity contribution in [3.63, 3.8) is 0 Å². The van der Waals surface area contributed by atoms with E-state index in [4.69, 9.17) is 17.3 Å². The van der Waals surface area contributed by atoms with Crippen LogP contribution in [0.3, 0.4) is 0 Å². The number of benzene rings is 1. The molecule has 0 aliphatic carbocycles. The number of β-amino-alcohol motifs (C(OH)–C–C–N with tert-alkyl or cyclic N) is 1. The molecule has 11 heteroatoms. The predicted molar refractivity (Wildman–Crippen MR) is 129 cm³/mol. The Labute approximate surface area is 202 Å². The third kappa shape index (κ3) is 4.98. The first-order valence-corrected chi connectivity index (χ1v) is 11.7. The van der Waals surface area contributed by atoms with Crippen LogP contribution < -0.4 is 11.1 Å². The number of halogens is 2. The Morgan fingerprint density at radius 1 is 1.35 bits per heavy atom. The third-order valence-corrected chi connectivity index (χ3v) is 6.23. The van der Waals surface area contributed by atoms with Crippen molar-refractivity contribution >= 4 is 34.5 Å². The number of nitrogens with one attached hydrogen (secondary N) is 1. The molecular formula is C23H29ClFN7O2. The van der Waals surface area contributed by atoms with Gasteiger partial charge >= 0.3 is 0 Å². The third-order valence-electron chi connectivity index (χ3n) is 5.95. The SMILES string of the molecule is CC(C)n1cnc2c(F)cc(-c3nc(N[C@@H]4CCN(C(=O)C[C@@H](C)N)C[C@H]4O)ncc3Cl)cc21. The van der Waals surface area contributed by atoms with Crippen molar-refractivity contribution in [1.82, 2.24) is 24.4 Å². The summed E-state index contributed by atoms with van der Waals surface area (Å²) in [6, 6.07) is 2.68. The number of carbonyl (C=O) groups excluding carboxylic acids is 1. The molecule has 3 atom stereocenters. The zero-order valence-electron chi connectivity index (χ0n) is 19.4. The van der Waals surface area contributed by atoms with Crippen molar-refractivity contribution in [1.29, 1.82) is 0 Å². The Morgan fingerprint density at radius 2 is 2.12 bits per heavy atom. The minimum absolute atomic E-state index is 0.0735. The first-order valence-electron chi connectivity index (χ1n) is 11.3. The maximum absolute atomic E-state index is 14.8. The number of imidazole rings is 1. The fourth-order valence-corrected chi connectivity index (χ4v) is 4.38. The highest BCUT2D eigenvalue weighted by Gasteiger charge is 2.31. The monoisotopic (exact) mass is 489 g/mol. The fourth-order valence-electron chi connectivity index (χ4n) is 4.18. The van der Waals surface area contributed by atoms with Gasteiger partial charge in [-0.3, -0.25) is 4.79 Å². The van der Waals surface area contributed by atoms with E-state index >= 15 is 0 Å². The molecule has 182 valence electrons. The van der Waals surface area contributed by atoms with Crippen LogP contribution in [0, 0.1) is 5.82 Å². The summed E-state index contributed by atoms with van der Waals surface area (Å²) in [6.45, 7) is 6.45. The molecule has 9 nitrogen and oxygen atoms in total. The molecule has 3 aromatic rings. The maximum atomic E-state index is 14.8. The molecule has 4 rings (SSSR count). The molecule has 1 aliphatic rings. The van der Waals surface area contributed by atoms with Crippen LogP contribution in [0.2, 0.25) is 5.02 Å². The summed E-state index contributed by atoms with van der Waals surface area (Å²) >= 11 is 6.38. The number of rotatable bonds is 6. The standard InChI is InChI=1S/C23H29ClFN7O2/c1-12(2)32-11-28-22-16(25)7-14(8-18(22)32)21-15(24)9-27-23(30-21)29-17-4-5-31(10-19(17)33)20(34)6-13(3)26/h7-9,11-13,17,19,33H,4-6,10,26H2,1-3H3,(H,27,29,30)/t13-,17-,19-/m1/s1. The highest BCUT2D eigenvalue weighted by molar-refractivity contribution is 6.33. The number of fused-ring (bicyclic) bond motifs is 1. The van der Waals surface area contributed by atoms with Crippen LogP contribution in [0.4, 0.5) is 10.3 Å². The summed E-state index contributed by atoms with van der Waals surface area (Å²) in [6.07, 6.45) is 3.01. The summed E-state index contributed by atoms with van der Waals surface area (Å²) < 4.78 is 16.7. The van der Waals surface area contributed by atoms with Crippen LogP contribution in [0.15, 0.2) is 24.7 Å². The second kappa shape index (κ2) is 9.81. The number of aromatic nitrogens is 4. The number of aliphatic hydroxyl groups is 1. The van der Waals surface area contributed by atoms with Gasteiger partial charge in [0, 0.05) is 37.2 Å². The molecular weight excluding hydrogens is 461 g/mol. The Morgan fingerprint density at radius 3 is 2.79 bits per heavy atom. The number of hydrogen-bond donors (Lipinski definition) is 3. The number of amides is 1. The number of likely N-dealkylation sites (tertiary alicyclic amines) is 1. The molecule has 34 heavy (non-hydrogen) atoms. The van der Waals surface area contributed by atoms with Crippen LogP contribution in [-0.4, -0.2) is 66.7 Å². The molecule has 0 saturated carbocycles. The summed E-state index contributed by atoms with van der Waals surface area (Å²) in [5.41, 5.74) is 7.52. The summed E-state index contributed by atoms with van der Waals surface area (Å²) in [5, 5.41) is 14.0. The second-order valence-electron chi connectivity index (χ2n) is 9.09. The summed E-state index contributed by atoms with van der Waals surface area (Å²) in [4.78, 5) is 26.8. The van der Waals surface area contributed by atoms with Gasteiger partial charge in [0.2, 0.25) is 11.9 Å². The molecule has 0 bridgehead atoms. The first-order chi connectivity index (χ1) is 16.1. The quantitative estimate of drug-likeness (QED) is 0.486. The van der Waals surface area contributed by atoms with E-state index in [1.807, 2.05) is 18.4 Å². The van der Waals surface area contributed by atoms with Gasteiger partial charge in [0.1, 0.15) is 5.52 Å². The highest BCUT2D eigenvalue weighted by Crippen LogP contribution is 2.31. The first kappa shape index (κ1) is 24.3. The van der Waals surface area contributed by atoms with Gasteiger partial charge < -0.3 is 25.6 Å². The van der Waals surface area contributed by atoms with E-state index in [1.54, 1.807) is 24.2 Å². The van der Waals surface area contributed by atoms with Crippen molar-refractivity contribution in [3.05, 3.63) is 35.5 Å². The van der Waals surface area contributed by atoms with Gasteiger partial charge in [-0.05, 0) is 39.3 Å². The van der Waals surface area contributed by atoms with Gasteiger partial charge in [0.25, 0.3) is 0 Å². The molecule has 2 aromatic heterocycles. The summed E-state index contributed by atoms with van der Waals surface area (Å²) in [5.74, 6) is -0.275. The van der Waals surface area contributed by atoms with Crippen molar-refractivity contribution < 1.29 is 14.3 Å². The van der Waals surface area contributed by atoms with Gasteiger partial charge in [0.15, 0.2) is 5.82 Å². The molecule has 0 radical (unpaired) electrons. The van der Waals surface area contributed by atoms with Crippen LogP contribution in [0.1, 0.15) is 39.7 Å². The lowest BCUT2D eigenvalue weighted by Gasteiger charge is -2.36. The molecule has 0 spiro atoms. The van der Waals surface area contributed by atoms with E-state index in [2.05, 4.69) is 20.3 Å². The summed E-state index contributed by atoms with van der Waals surface area (Å²) in [7, 11) is 0. The largest absolute Gasteiger partial charge is 0.389 e. The van der Waals surface area contributed by atoms with Crippen molar-refractivity contribution in [2.24, 2.45) is 5.73 Å². The van der Waals surface area contributed by atoms with E-state index in [0.29, 0.717) is 29.7 Å². The number of piperidine rings is 1. The Kier molecular flexibility index (Phi) is 7.01. The Bertz CT molecular complexity index is 1200. The van der Waals surface area contributed by atoms with Gasteiger partial charge in [0.05, 0.1) is 40.9 Å². The van der Waals surface area contributed by atoms with Crippen LogP contribution in [0.5, 0.6) is 0 Å². The van der Waals surface area contributed by atoms with Crippen molar-refractivity contribution in [2.75, 3.05) is 18.4 Å². The van der Waals surface area contributed by atoms with E-state index in [9.17, 15) is 14.3 Å². The molecule has 4 N–H and O–H groups in total. The molecule has 3 heterocycles. The average molecular weight is 490 g/mol. The highest BCUT2D eigenvalue weighted by atomic mass is 35.5. The maximum Gasteiger partial charge on any atom is 0.224 e. The zero-order chi connectivity index (χ0) is 24.6. The normalized spacial score (nSPS) is 19.6. The van der Waals surface area contributed by atoms with Crippen LogP contribution in [-0.2, 0) is 4.79 Å². The molecule has 1 saturated heterocycles.